The van der Waals surface area contributed by atoms with Crippen molar-refractivity contribution in [1.29, 1.82) is 0 Å². The molecule has 17 heavy (non-hydrogen) atoms. The average molecular weight is 341 g/mol. The monoisotopic (exact) mass is 341 g/mol. The van der Waals surface area contributed by atoms with Crippen LogP contribution in [0.4, 0.5) is 0 Å². The minimum Gasteiger partial charge on any atom is -0.349 e. The molecule has 1 aromatic rings. The SMILES string of the molecule is O=C(N[C@@H]1C[C@@H]2CC[C@@H]1C2)c1ccccc1I. The van der Waals surface area contributed by atoms with Gasteiger partial charge in [0, 0.05) is 9.61 Å². The molecule has 2 bridgehead atoms. The molecule has 2 aliphatic rings. The first kappa shape index (κ1) is 11.5. The van der Waals surface area contributed by atoms with Gasteiger partial charge < -0.3 is 5.32 Å². The third-order valence-electron chi connectivity index (χ3n) is 4.17. The molecule has 1 aromatic carbocycles. The van der Waals surface area contributed by atoms with Crippen molar-refractivity contribution in [2.45, 2.75) is 31.7 Å². The van der Waals surface area contributed by atoms with Crippen LogP contribution in [0.25, 0.3) is 0 Å². The minimum absolute atomic E-state index is 0.104. The maximum atomic E-state index is 12.2. The molecule has 90 valence electrons. The van der Waals surface area contributed by atoms with Crippen LogP contribution in [0.3, 0.4) is 0 Å². The number of carbonyl (C=O) groups is 1. The first-order valence-electron chi connectivity index (χ1n) is 6.29. The van der Waals surface area contributed by atoms with Gasteiger partial charge in [-0.3, -0.25) is 4.79 Å². The number of hydrogen-bond donors (Lipinski definition) is 1. The van der Waals surface area contributed by atoms with Gasteiger partial charge >= 0.3 is 0 Å². The van der Waals surface area contributed by atoms with Crippen molar-refractivity contribution in [1.82, 2.24) is 5.32 Å². The standard InChI is InChI=1S/C14H16INO/c15-12-4-2-1-3-11(12)14(17)16-13-8-9-5-6-10(13)7-9/h1-4,9-10,13H,5-8H2,(H,16,17)/t9-,10-,13-/m1/s1. The number of nitrogens with one attached hydrogen (secondary N) is 1. The number of amides is 1. The van der Waals surface area contributed by atoms with E-state index in [1.54, 1.807) is 0 Å². The quantitative estimate of drug-likeness (QED) is 0.823. The van der Waals surface area contributed by atoms with Gasteiger partial charge in [0.05, 0.1) is 5.56 Å². The molecule has 3 rings (SSSR count). The maximum Gasteiger partial charge on any atom is 0.252 e. The molecule has 0 aliphatic heterocycles. The fourth-order valence-electron chi connectivity index (χ4n) is 3.31. The Kier molecular flexibility index (Phi) is 3.11. The second-order valence-corrected chi connectivity index (χ2v) is 6.40. The Morgan fingerprint density at radius 3 is 2.71 bits per heavy atom. The normalized spacial score (nSPS) is 30.5. The van der Waals surface area contributed by atoms with Gasteiger partial charge in [-0.1, -0.05) is 18.6 Å². The Bertz CT molecular complexity index is 446. The first-order chi connectivity index (χ1) is 8.24. The molecule has 0 aromatic heterocycles. The fourth-order valence-corrected chi connectivity index (χ4v) is 3.95. The third kappa shape index (κ3) is 2.21. The van der Waals surface area contributed by atoms with E-state index >= 15 is 0 Å². The summed E-state index contributed by atoms with van der Waals surface area (Å²) in [5.74, 6) is 1.72. The molecule has 0 saturated heterocycles. The third-order valence-corrected chi connectivity index (χ3v) is 5.11. The van der Waals surface area contributed by atoms with E-state index in [4.69, 9.17) is 0 Å². The molecule has 3 heteroatoms. The zero-order valence-electron chi connectivity index (χ0n) is 9.66. The molecular weight excluding hydrogens is 325 g/mol. The molecule has 0 unspecified atom stereocenters. The van der Waals surface area contributed by atoms with Gasteiger partial charge in [0.2, 0.25) is 0 Å². The average Bonchev–Trinajstić information content (AvgIpc) is 2.91. The van der Waals surface area contributed by atoms with Crippen LogP contribution in [0, 0.1) is 15.4 Å². The van der Waals surface area contributed by atoms with Crippen molar-refractivity contribution in [3.8, 4) is 0 Å². The Morgan fingerprint density at radius 2 is 2.06 bits per heavy atom. The van der Waals surface area contributed by atoms with E-state index in [1.165, 1.54) is 25.7 Å². The molecule has 0 heterocycles. The van der Waals surface area contributed by atoms with Crippen molar-refractivity contribution in [2.75, 3.05) is 0 Å². The number of hydrogen-bond acceptors (Lipinski definition) is 1. The Balaban J connectivity index is 1.70. The van der Waals surface area contributed by atoms with Crippen LogP contribution in [0.5, 0.6) is 0 Å². The van der Waals surface area contributed by atoms with Crippen LogP contribution in [0.2, 0.25) is 0 Å². The summed E-state index contributed by atoms with van der Waals surface area (Å²) < 4.78 is 1.03. The summed E-state index contributed by atoms with van der Waals surface area (Å²) >= 11 is 2.22. The summed E-state index contributed by atoms with van der Waals surface area (Å²) in [6.07, 6.45) is 5.21. The van der Waals surface area contributed by atoms with Crippen molar-refractivity contribution in [2.24, 2.45) is 11.8 Å². The van der Waals surface area contributed by atoms with E-state index in [1.807, 2.05) is 24.3 Å². The number of fused-ring (bicyclic) bond motifs is 2. The summed E-state index contributed by atoms with van der Waals surface area (Å²) in [6, 6.07) is 8.21. The lowest BCUT2D eigenvalue weighted by Gasteiger charge is -2.23. The summed E-state index contributed by atoms with van der Waals surface area (Å²) in [7, 11) is 0. The van der Waals surface area contributed by atoms with Crippen LogP contribution in [-0.4, -0.2) is 11.9 Å². The number of benzene rings is 1. The molecule has 2 aliphatic carbocycles. The highest BCUT2D eigenvalue weighted by Gasteiger charge is 2.40. The Labute approximate surface area is 115 Å². The fraction of sp³-hybridized carbons (Fsp3) is 0.500. The van der Waals surface area contributed by atoms with Crippen LogP contribution in [0.1, 0.15) is 36.0 Å². The highest BCUT2D eigenvalue weighted by Crippen LogP contribution is 2.44. The number of rotatable bonds is 2. The van der Waals surface area contributed by atoms with Gasteiger partial charge in [0.25, 0.3) is 5.91 Å². The van der Waals surface area contributed by atoms with E-state index in [-0.39, 0.29) is 5.91 Å². The second kappa shape index (κ2) is 4.59. The highest BCUT2D eigenvalue weighted by molar-refractivity contribution is 14.1. The van der Waals surface area contributed by atoms with Gasteiger partial charge in [-0.2, -0.15) is 0 Å². The lowest BCUT2D eigenvalue weighted by molar-refractivity contribution is 0.0922. The van der Waals surface area contributed by atoms with E-state index in [9.17, 15) is 4.79 Å². The number of carbonyl (C=O) groups excluding carboxylic acids is 1. The molecule has 2 nitrogen and oxygen atoms in total. The predicted molar refractivity (Wildman–Crippen MR) is 75.9 cm³/mol. The summed E-state index contributed by atoms with van der Waals surface area (Å²) in [4.78, 5) is 12.2. The summed E-state index contributed by atoms with van der Waals surface area (Å²) in [6.45, 7) is 0. The van der Waals surface area contributed by atoms with Gasteiger partial charge in [-0.25, -0.2) is 0 Å². The second-order valence-electron chi connectivity index (χ2n) is 5.23. The van der Waals surface area contributed by atoms with Crippen molar-refractivity contribution in [3.05, 3.63) is 33.4 Å². The largest absolute Gasteiger partial charge is 0.349 e. The molecular formula is C14H16INO. The molecule has 0 radical (unpaired) electrons. The summed E-state index contributed by atoms with van der Waals surface area (Å²) in [5.41, 5.74) is 0.816. The highest BCUT2D eigenvalue weighted by atomic mass is 127. The van der Waals surface area contributed by atoms with Crippen LogP contribution in [0.15, 0.2) is 24.3 Å². The lowest BCUT2D eigenvalue weighted by Crippen LogP contribution is -2.38. The molecule has 1 amide bonds. The molecule has 3 atom stereocenters. The van der Waals surface area contributed by atoms with Gasteiger partial charge in [0.1, 0.15) is 0 Å². The minimum atomic E-state index is 0.104. The van der Waals surface area contributed by atoms with Gasteiger partial charge in [0.15, 0.2) is 0 Å². The van der Waals surface area contributed by atoms with Crippen molar-refractivity contribution < 1.29 is 4.79 Å². The Hall–Kier alpha value is -0.580. The van der Waals surface area contributed by atoms with E-state index < -0.39 is 0 Å². The Morgan fingerprint density at radius 1 is 1.24 bits per heavy atom. The van der Waals surface area contributed by atoms with E-state index in [2.05, 4.69) is 27.9 Å². The molecule has 2 saturated carbocycles. The lowest BCUT2D eigenvalue weighted by atomic mass is 9.95. The molecule has 0 spiro atoms. The van der Waals surface area contributed by atoms with Crippen molar-refractivity contribution >= 4 is 28.5 Å². The zero-order valence-corrected chi connectivity index (χ0v) is 11.8. The van der Waals surface area contributed by atoms with Crippen LogP contribution in [-0.2, 0) is 0 Å². The maximum absolute atomic E-state index is 12.2. The van der Waals surface area contributed by atoms with E-state index in [0.717, 1.165) is 21.0 Å². The van der Waals surface area contributed by atoms with Crippen molar-refractivity contribution in [3.63, 3.8) is 0 Å². The van der Waals surface area contributed by atoms with Crippen LogP contribution >= 0.6 is 22.6 Å². The van der Waals surface area contributed by atoms with Crippen LogP contribution < -0.4 is 5.32 Å². The van der Waals surface area contributed by atoms with E-state index in [0.29, 0.717) is 6.04 Å². The summed E-state index contributed by atoms with van der Waals surface area (Å²) in [5, 5.41) is 3.22. The topological polar surface area (TPSA) is 29.1 Å². The molecule has 2 fully saturated rings. The first-order valence-corrected chi connectivity index (χ1v) is 7.37. The van der Waals surface area contributed by atoms with Gasteiger partial charge in [-0.15, -0.1) is 0 Å². The van der Waals surface area contributed by atoms with Gasteiger partial charge in [-0.05, 0) is 65.8 Å². The zero-order chi connectivity index (χ0) is 11.8. The number of halogens is 1. The molecule has 1 N–H and O–H groups in total. The smallest absolute Gasteiger partial charge is 0.252 e. The predicted octanol–water partition coefficient (Wildman–Crippen LogP) is 3.21.